The van der Waals surface area contributed by atoms with E-state index >= 15 is 0 Å². The van der Waals surface area contributed by atoms with Gasteiger partial charge in [0.05, 0.1) is 25.4 Å². The fraction of sp³-hybridized carbons (Fsp3) is 0.409. The number of carbonyl (C=O) groups excluding carboxylic acids is 1. The molecule has 186 valence electrons. The Morgan fingerprint density at radius 1 is 1.29 bits per heavy atom. The molecule has 1 unspecified atom stereocenters. The number of ether oxygens (including phenoxy) is 3. The fourth-order valence-corrected chi connectivity index (χ4v) is 3.47. The number of rotatable bonds is 7. The van der Waals surface area contributed by atoms with Crippen molar-refractivity contribution < 1.29 is 28.2 Å². The highest BCUT2D eigenvalue weighted by Gasteiger charge is 2.33. The predicted molar refractivity (Wildman–Crippen MR) is 124 cm³/mol. The normalized spacial score (nSPS) is 18.5. The van der Waals surface area contributed by atoms with Gasteiger partial charge in [0, 0.05) is 29.1 Å². The molecule has 2 fully saturated rings. The molecule has 13 heteroatoms. The standard InChI is InChI=1S/C22H26FN7O5/c1-22(2)33-11-16(35-22)12-34-29-15-8-30(9-15)20-26-6-14(7-27-20)17-5-3-4-13(18(17)23)10-32-21(31)28-19(24)25/h3-7,16H,8-12H2,1-2H3,(H4,24,25,28,31). The van der Waals surface area contributed by atoms with Gasteiger partial charge in [-0.2, -0.15) is 0 Å². The second-order valence-corrected chi connectivity index (χ2v) is 8.40. The fourth-order valence-electron chi connectivity index (χ4n) is 3.47. The van der Waals surface area contributed by atoms with Crippen molar-refractivity contribution in [1.82, 2.24) is 9.97 Å². The minimum atomic E-state index is -1.00. The average molecular weight is 487 g/mol. The summed E-state index contributed by atoms with van der Waals surface area (Å²) in [5.74, 6) is -1.10. The van der Waals surface area contributed by atoms with Crippen LogP contribution in [0, 0.1) is 5.82 Å². The molecule has 3 heterocycles. The van der Waals surface area contributed by atoms with E-state index in [1.165, 1.54) is 18.5 Å². The van der Waals surface area contributed by atoms with E-state index in [2.05, 4.69) is 20.1 Å². The average Bonchev–Trinajstić information content (AvgIpc) is 3.13. The molecular weight excluding hydrogens is 461 g/mol. The van der Waals surface area contributed by atoms with Gasteiger partial charge >= 0.3 is 6.09 Å². The maximum atomic E-state index is 14.9. The first kappa shape index (κ1) is 24.3. The molecule has 1 amide bonds. The molecule has 2 aromatic rings. The molecule has 12 nitrogen and oxygen atoms in total. The summed E-state index contributed by atoms with van der Waals surface area (Å²) >= 11 is 0. The Hall–Kier alpha value is -3.84. The third kappa shape index (κ3) is 6.19. The zero-order chi connectivity index (χ0) is 25.0. The summed E-state index contributed by atoms with van der Waals surface area (Å²) in [6.07, 6.45) is 1.91. The number of guanidine groups is 1. The van der Waals surface area contributed by atoms with Crippen molar-refractivity contribution >= 4 is 23.7 Å². The van der Waals surface area contributed by atoms with Gasteiger partial charge in [0.1, 0.15) is 25.1 Å². The molecular formula is C22H26FN7O5. The quantitative estimate of drug-likeness (QED) is 0.333. The lowest BCUT2D eigenvalue weighted by molar-refractivity contribution is -0.145. The maximum absolute atomic E-state index is 14.9. The number of nitrogens with zero attached hydrogens (tertiary/aromatic N) is 5. The van der Waals surface area contributed by atoms with Crippen molar-refractivity contribution in [2.75, 3.05) is 31.2 Å². The minimum absolute atomic E-state index is 0.148. The molecule has 0 radical (unpaired) electrons. The van der Waals surface area contributed by atoms with Gasteiger partial charge in [-0.1, -0.05) is 23.4 Å². The highest BCUT2D eigenvalue weighted by molar-refractivity contribution is 5.98. The van der Waals surface area contributed by atoms with E-state index in [1.807, 2.05) is 18.7 Å². The lowest BCUT2D eigenvalue weighted by Crippen LogP contribution is -2.48. The number of halogens is 1. The molecule has 0 aliphatic carbocycles. The third-order valence-electron chi connectivity index (χ3n) is 5.15. The van der Waals surface area contributed by atoms with Gasteiger partial charge in [0.2, 0.25) is 5.95 Å². The molecule has 0 saturated carbocycles. The van der Waals surface area contributed by atoms with Gasteiger partial charge in [-0.15, -0.1) is 4.99 Å². The SMILES string of the molecule is CC1(C)OCC(CON=C2CN(c3ncc(-c4cccc(COC(=O)N=C(N)N)c4F)cn3)C2)O1. The van der Waals surface area contributed by atoms with Crippen molar-refractivity contribution in [3.8, 4) is 11.1 Å². The third-order valence-corrected chi connectivity index (χ3v) is 5.15. The first-order chi connectivity index (χ1) is 16.7. The van der Waals surface area contributed by atoms with Gasteiger partial charge in [0.25, 0.3) is 0 Å². The van der Waals surface area contributed by atoms with Crippen LogP contribution >= 0.6 is 0 Å². The van der Waals surface area contributed by atoms with E-state index < -0.39 is 23.7 Å². The van der Waals surface area contributed by atoms with Crippen LogP contribution in [0.1, 0.15) is 19.4 Å². The zero-order valence-electron chi connectivity index (χ0n) is 19.3. The Balaban J connectivity index is 1.30. The largest absolute Gasteiger partial charge is 0.443 e. The summed E-state index contributed by atoms with van der Waals surface area (Å²) in [7, 11) is 0. The van der Waals surface area contributed by atoms with Gasteiger partial charge in [0.15, 0.2) is 11.7 Å². The molecule has 4 N–H and O–H groups in total. The Bertz CT molecular complexity index is 1130. The zero-order valence-corrected chi connectivity index (χ0v) is 19.3. The number of anilines is 1. The summed E-state index contributed by atoms with van der Waals surface area (Å²) in [4.78, 5) is 30.6. The number of aliphatic imine (C=N–C) groups is 1. The van der Waals surface area contributed by atoms with Crippen molar-refractivity contribution in [2.45, 2.75) is 32.3 Å². The van der Waals surface area contributed by atoms with Crippen LogP contribution < -0.4 is 16.4 Å². The number of aromatic nitrogens is 2. The van der Waals surface area contributed by atoms with Gasteiger partial charge in [-0.3, -0.25) is 0 Å². The number of amides is 1. The van der Waals surface area contributed by atoms with Crippen molar-refractivity contribution in [2.24, 2.45) is 21.6 Å². The number of hydrogen-bond acceptors (Lipinski definition) is 9. The number of benzene rings is 1. The van der Waals surface area contributed by atoms with Crippen LogP contribution in [0.3, 0.4) is 0 Å². The summed E-state index contributed by atoms with van der Waals surface area (Å²) in [6, 6.07) is 4.71. The van der Waals surface area contributed by atoms with Crippen LogP contribution in [0.15, 0.2) is 40.7 Å². The van der Waals surface area contributed by atoms with Crippen LogP contribution in [0.25, 0.3) is 11.1 Å². The van der Waals surface area contributed by atoms with Crippen molar-refractivity contribution in [3.05, 3.63) is 42.0 Å². The highest BCUT2D eigenvalue weighted by atomic mass is 19.1. The highest BCUT2D eigenvalue weighted by Crippen LogP contribution is 2.26. The lowest BCUT2D eigenvalue weighted by Gasteiger charge is -2.31. The van der Waals surface area contributed by atoms with Crippen LogP contribution in [0.4, 0.5) is 15.1 Å². The van der Waals surface area contributed by atoms with E-state index in [4.69, 9.17) is 30.5 Å². The molecule has 1 aromatic heterocycles. The number of hydrogen-bond donors (Lipinski definition) is 2. The summed E-state index contributed by atoms with van der Waals surface area (Å²) in [5, 5.41) is 4.12. The van der Waals surface area contributed by atoms with Crippen molar-refractivity contribution in [1.29, 1.82) is 0 Å². The van der Waals surface area contributed by atoms with Crippen LogP contribution in [-0.4, -0.2) is 65.9 Å². The second kappa shape index (κ2) is 10.2. The lowest BCUT2D eigenvalue weighted by atomic mass is 10.1. The summed E-state index contributed by atoms with van der Waals surface area (Å²) in [5.41, 5.74) is 12.0. The Kier molecular flexibility index (Phi) is 7.07. The maximum Gasteiger partial charge on any atom is 0.437 e. The molecule has 1 atom stereocenters. The van der Waals surface area contributed by atoms with E-state index in [0.29, 0.717) is 37.8 Å². The molecule has 1 aromatic carbocycles. The molecule has 4 rings (SSSR count). The van der Waals surface area contributed by atoms with Gasteiger partial charge in [-0.05, 0) is 13.8 Å². The van der Waals surface area contributed by atoms with Crippen LogP contribution in [0.2, 0.25) is 0 Å². The first-order valence-electron chi connectivity index (χ1n) is 10.8. The van der Waals surface area contributed by atoms with Crippen LogP contribution in [0.5, 0.6) is 0 Å². The Labute approximate surface area is 200 Å². The number of carbonyl (C=O) groups is 1. The minimum Gasteiger partial charge on any atom is -0.443 e. The van der Waals surface area contributed by atoms with Crippen molar-refractivity contribution in [3.63, 3.8) is 0 Å². The Morgan fingerprint density at radius 2 is 2.03 bits per heavy atom. The molecule has 2 aliphatic rings. The van der Waals surface area contributed by atoms with Crippen LogP contribution in [-0.2, 0) is 25.7 Å². The summed E-state index contributed by atoms with van der Waals surface area (Å²) in [6.45, 7) is 5.21. The smallest absolute Gasteiger partial charge is 0.437 e. The Morgan fingerprint density at radius 3 is 2.69 bits per heavy atom. The van der Waals surface area contributed by atoms with E-state index in [1.54, 1.807) is 12.1 Å². The van der Waals surface area contributed by atoms with E-state index in [0.717, 1.165) is 5.71 Å². The van der Waals surface area contributed by atoms with E-state index in [-0.39, 0.29) is 23.8 Å². The van der Waals surface area contributed by atoms with E-state index in [9.17, 15) is 9.18 Å². The molecule has 0 bridgehead atoms. The molecule has 35 heavy (non-hydrogen) atoms. The monoisotopic (exact) mass is 487 g/mol. The molecule has 2 aliphatic heterocycles. The molecule has 2 saturated heterocycles. The second-order valence-electron chi connectivity index (χ2n) is 8.40. The first-order valence-corrected chi connectivity index (χ1v) is 10.8. The van der Waals surface area contributed by atoms with Gasteiger partial charge < -0.3 is 35.4 Å². The number of oxime groups is 1. The predicted octanol–water partition coefficient (Wildman–Crippen LogP) is 1.54. The summed E-state index contributed by atoms with van der Waals surface area (Å²) < 4.78 is 31.0. The van der Waals surface area contributed by atoms with Gasteiger partial charge in [-0.25, -0.2) is 19.2 Å². The molecule has 0 spiro atoms. The number of nitrogens with two attached hydrogens (primary N) is 2. The topological polar surface area (TPSA) is 160 Å².